The highest BCUT2D eigenvalue weighted by atomic mass is 16.5. The van der Waals surface area contributed by atoms with Crippen LogP contribution in [0, 0.1) is 0 Å². The van der Waals surface area contributed by atoms with Crippen molar-refractivity contribution in [2.45, 2.75) is 32.6 Å². The molecule has 0 fully saturated rings. The van der Waals surface area contributed by atoms with Gasteiger partial charge in [-0.1, -0.05) is 62.6 Å². The summed E-state index contributed by atoms with van der Waals surface area (Å²) in [4.78, 5) is 4.94. The minimum absolute atomic E-state index is 0.740. The summed E-state index contributed by atoms with van der Waals surface area (Å²) in [5.41, 5.74) is 4.04. The van der Waals surface area contributed by atoms with Gasteiger partial charge in [0.1, 0.15) is 17.3 Å². The highest BCUT2D eigenvalue weighted by Gasteiger charge is 2.15. The third kappa shape index (κ3) is 4.33. The first kappa shape index (κ1) is 20.0. The molecule has 0 saturated heterocycles. The molecule has 0 unspecified atom stereocenters. The fourth-order valence-electron chi connectivity index (χ4n) is 3.66. The number of aromatic nitrogens is 2. The van der Waals surface area contributed by atoms with E-state index in [0.29, 0.717) is 0 Å². The van der Waals surface area contributed by atoms with E-state index >= 15 is 0 Å². The Morgan fingerprint density at radius 2 is 1.70 bits per heavy atom. The van der Waals surface area contributed by atoms with Gasteiger partial charge in [-0.3, -0.25) is 4.57 Å². The van der Waals surface area contributed by atoms with Crippen molar-refractivity contribution in [2.75, 3.05) is 13.7 Å². The number of rotatable bonds is 9. The molecule has 154 valence electrons. The summed E-state index contributed by atoms with van der Waals surface area (Å²) in [6.07, 6.45) is 4.77. The lowest BCUT2D eigenvalue weighted by Gasteiger charge is -2.12. The number of methoxy groups -OCH3 is 1. The molecule has 0 amide bonds. The molecule has 0 N–H and O–H groups in total. The van der Waals surface area contributed by atoms with Crippen molar-refractivity contribution in [1.29, 1.82) is 0 Å². The molecule has 30 heavy (non-hydrogen) atoms. The average molecular weight is 401 g/mol. The Kier molecular flexibility index (Phi) is 6.33. The second kappa shape index (κ2) is 9.49. The van der Waals surface area contributed by atoms with Crippen molar-refractivity contribution < 1.29 is 9.47 Å². The number of nitrogens with zero attached hydrogens (tertiary/aromatic N) is 2. The van der Waals surface area contributed by atoms with Crippen LogP contribution in [-0.4, -0.2) is 23.3 Å². The van der Waals surface area contributed by atoms with Crippen LogP contribution in [0.1, 0.15) is 32.6 Å². The van der Waals surface area contributed by atoms with Crippen molar-refractivity contribution >= 4 is 11.0 Å². The molecule has 0 aliphatic heterocycles. The van der Waals surface area contributed by atoms with Crippen LogP contribution in [0.4, 0.5) is 0 Å². The van der Waals surface area contributed by atoms with Crippen LogP contribution in [0.5, 0.6) is 11.5 Å². The monoisotopic (exact) mass is 400 g/mol. The predicted octanol–water partition coefficient (Wildman–Crippen LogP) is 6.66. The van der Waals surface area contributed by atoms with E-state index in [4.69, 9.17) is 14.5 Å². The minimum Gasteiger partial charge on any atom is -0.497 e. The number of benzene rings is 3. The molecular formula is C26H28N2O2. The Morgan fingerprint density at radius 3 is 2.50 bits per heavy atom. The van der Waals surface area contributed by atoms with Gasteiger partial charge in [0.05, 0.1) is 30.4 Å². The fraction of sp³-hybridized carbons (Fsp3) is 0.269. The Balaban J connectivity index is 1.77. The summed E-state index contributed by atoms with van der Waals surface area (Å²) in [6.45, 7) is 2.96. The summed E-state index contributed by atoms with van der Waals surface area (Å²) < 4.78 is 13.7. The van der Waals surface area contributed by atoms with E-state index in [1.165, 1.54) is 19.3 Å². The van der Waals surface area contributed by atoms with Crippen molar-refractivity contribution in [1.82, 2.24) is 9.55 Å². The molecule has 4 nitrogen and oxygen atoms in total. The van der Waals surface area contributed by atoms with Gasteiger partial charge < -0.3 is 9.47 Å². The van der Waals surface area contributed by atoms with Gasteiger partial charge in [-0.2, -0.15) is 0 Å². The van der Waals surface area contributed by atoms with E-state index in [0.717, 1.165) is 52.6 Å². The Bertz CT molecular complexity index is 1100. The topological polar surface area (TPSA) is 36.3 Å². The maximum atomic E-state index is 6.05. The van der Waals surface area contributed by atoms with E-state index < -0.39 is 0 Å². The molecule has 0 radical (unpaired) electrons. The lowest BCUT2D eigenvalue weighted by atomic mass is 10.2. The van der Waals surface area contributed by atoms with E-state index in [-0.39, 0.29) is 0 Å². The van der Waals surface area contributed by atoms with Gasteiger partial charge in [0.25, 0.3) is 0 Å². The smallest absolute Gasteiger partial charge is 0.145 e. The average Bonchev–Trinajstić information content (AvgIpc) is 3.18. The number of imidazole rings is 1. The summed E-state index contributed by atoms with van der Waals surface area (Å²) in [6, 6.07) is 24.5. The fourth-order valence-corrected chi connectivity index (χ4v) is 3.66. The van der Waals surface area contributed by atoms with Crippen LogP contribution in [0.3, 0.4) is 0 Å². The van der Waals surface area contributed by atoms with Crippen molar-refractivity contribution in [3.63, 3.8) is 0 Å². The molecule has 0 atom stereocenters. The van der Waals surface area contributed by atoms with Crippen LogP contribution < -0.4 is 9.47 Å². The maximum Gasteiger partial charge on any atom is 0.145 e. The van der Waals surface area contributed by atoms with Crippen LogP contribution in [0.25, 0.3) is 28.1 Å². The quantitative estimate of drug-likeness (QED) is 0.295. The molecule has 0 saturated carbocycles. The lowest BCUT2D eigenvalue weighted by Crippen LogP contribution is -1.99. The van der Waals surface area contributed by atoms with E-state index in [1.807, 2.05) is 48.5 Å². The molecule has 1 aromatic heterocycles. The molecule has 0 spiro atoms. The summed E-state index contributed by atoms with van der Waals surface area (Å²) >= 11 is 0. The highest BCUT2D eigenvalue weighted by Crippen LogP contribution is 2.32. The molecule has 3 aromatic carbocycles. The number of unbranched alkanes of at least 4 members (excludes halogenated alkanes) is 3. The van der Waals surface area contributed by atoms with Crippen LogP contribution in [0.15, 0.2) is 72.8 Å². The van der Waals surface area contributed by atoms with Gasteiger partial charge in [0, 0.05) is 17.7 Å². The molecule has 4 heteroatoms. The van der Waals surface area contributed by atoms with Gasteiger partial charge in [-0.15, -0.1) is 0 Å². The first-order chi connectivity index (χ1) is 14.8. The van der Waals surface area contributed by atoms with Gasteiger partial charge >= 0.3 is 0 Å². The zero-order valence-corrected chi connectivity index (χ0v) is 17.7. The molecule has 0 aliphatic rings. The van der Waals surface area contributed by atoms with E-state index in [1.54, 1.807) is 7.11 Å². The normalized spacial score (nSPS) is 11.0. The predicted molar refractivity (Wildman–Crippen MR) is 123 cm³/mol. The van der Waals surface area contributed by atoms with Crippen molar-refractivity contribution in [3.8, 4) is 28.6 Å². The first-order valence-corrected chi connectivity index (χ1v) is 10.7. The minimum atomic E-state index is 0.740. The number of hydrogen-bond acceptors (Lipinski definition) is 3. The molecular weight excluding hydrogens is 372 g/mol. The van der Waals surface area contributed by atoms with Crippen LogP contribution in [-0.2, 0) is 0 Å². The number of fused-ring (bicyclic) bond motifs is 1. The van der Waals surface area contributed by atoms with E-state index in [2.05, 4.69) is 35.8 Å². The standard InChI is InChI=1S/C26H28N2O2/c1-3-4-5-9-17-30-23-15-16-24-25(19-23)28(21-13-10-14-22(18-21)29-2)26(27-24)20-11-7-6-8-12-20/h6-8,10-16,18-19H,3-5,9,17H2,1-2H3. The molecule has 1 heterocycles. The summed E-state index contributed by atoms with van der Waals surface area (Å²) in [7, 11) is 1.69. The Morgan fingerprint density at radius 1 is 0.833 bits per heavy atom. The third-order valence-corrected chi connectivity index (χ3v) is 5.24. The van der Waals surface area contributed by atoms with Crippen LogP contribution >= 0.6 is 0 Å². The van der Waals surface area contributed by atoms with Gasteiger partial charge in [-0.25, -0.2) is 4.98 Å². The Hall–Kier alpha value is -3.27. The maximum absolute atomic E-state index is 6.05. The molecule has 4 rings (SSSR count). The Labute approximate surface area is 178 Å². The van der Waals surface area contributed by atoms with Crippen LogP contribution in [0.2, 0.25) is 0 Å². The largest absolute Gasteiger partial charge is 0.497 e. The first-order valence-electron chi connectivity index (χ1n) is 10.7. The van der Waals surface area contributed by atoms with Gasteiger partial charge in [0.15, 0.2) is 0 Å². The SMILES string of the molecule is CCCCCCOc1ccc2nc(-c3ccccc3)n(-c3cccc(OC)c3)c2c1. The summed E-state index contributed by atoms with van der Waals surface area (Å²) in [5.74, 6) is 2.60. The number of hydrogen-bond donors (Lipinski definition) is 0. The second-order valence-electron chi connectivity index (χ2n) is 7.40. The lowest BCUT2D eigenvalue weighted by molar-refractivity contribution is 0.305. The van der Waals surface area contributed by atoms with Gasteiger partial charge in [-0.05, 0) is 30.7 Å². The van der Waals surface area contributed by atoms with E-state index in [9.17, 15) is 0 Å². The van der Waals surface area contributed by atoms with Crippen molar-refractivity contribution in [3.05, 3.63) is 72.8 Å². The summed E-state index contributed by atoms with van der Waals surface area (Å²) in [5, 5.41) is 0. The zero-order chi connectivity index (χ0) is 20.8. The van der Waals surface area contributed by atoms with Gasteiger partial charge in [0.2, 0.25) is 0 Å². The van der Waals surface area contributed by atoms with Crippen molar-refractivity contribution in [2.24, 2.45) is 0 Å². The zero-order valence-electron chi connectivity index (χ0n) is 17.7. The number of ether oxygens (including phenoxy) is 2. The molecule has 0 bridgehead atoms. The second-order valence-corrected chi connectivity index (χ2v) is 7.40. The molecule has 0 aliphatic carbocycles. The third-order valence-electron chi connectivity index (χ3n) is 5.24. The molecule has 4 aromatic rings. The highest BCUT2D eigenvalue weighted by molar-refractivity contribution is 5.84.